The van der Waals surface area contributed by atoms with Gasteiger partial charge in [-0.3, -0.25) is 4.79 Å². The van der Waals surface area contributed by atoms with E-state index in [1.165, 1.54) is 36.6 Å². The number of hydrogen-bond acceptors (Lipinski definition) is 4. The number of ether oxygens (including phenoxy) is 1. The summed E-state index contributed by atoms with van der Waals surface area (Å²) in [6.07, 6.45) is 0. The smallest absolute Gasteiger partial charge is 0.339 e. The molecule has 1 aromatic heterocycles. The van der Waals surface area contributed by atoms with Gasteiger partial charge in [-0.25, -0.2) is 4.79 Å². The van der Waals surface area contributed by atoms with E-state index in [-0.39, 0.29) is 17.2 Å². The summed E-state index contributed by atoms with van der Waals surface area (Å²) in [5.41, 5.74) is 0.519. The lowest BCUT2D eigenvalue weighted by Gasteiger charge is -2.08. The molecule has 1 aromatic carbocycles. The van der Waals surface area contributed by atoms with E-state index in [1.807, 2.05) is 0 Å². The van der Waals surface area contributed by atoms with Gasteiger partial charge in [0, 0.05) is 11.8 Å². The van der Waals surface area contributed by atoms with Gasteiger partial charge in [0.25, 0.3) is 5.91 Å². The van der Waals surface area contributed by atoms with Crippen molar-refractivity contribution in [3.05, 3.63) is 44.6 Å². The second-order valence-electron chi connectivity index (χ2n) is 3.78. The van der Waals surface area contributed by atoms with Crippen molar-refractivity contribution >= 4 is 44.8 Å². The van der Waals surface area contributed by atoms with Gasteiger partial charge in [-0.05, 0) is 40.2 Å². The molecule has 20 heavy (non-hydrogen) atoms. The van der Waals surface area contributed by atoms with Crippen LogP contribution in [-0.4, -0.2) is 24.1 Å². The first-order valence-corrected chi connectivity index (χ1v) is 7.10. The zero-order valence-corrected chi connectivity index (χ0v) is 12.7. The summed E-state index contributed by atoms with van der Waals surface area (Å²) in [5.74, 6) is -1.14. The average molecular weight is 356 g/mol. The minimum absolute atomic E-state index is 0.0457. The molecule has 0 atom stereocenters. The molecule has 0 fully saturated rings. The molecule has 0 unspecified atom stereocenters. The molecular weight excluding hydrogens is 346 g/mol. The van der Waals surface area contributed by atoms with Gasteiger partial charge in [0.2, 0.25) is 0 Å². The molecule has 2 N–H and O–H groups in total. The van der Waals surface area contributed by atoms with E-state index in [9.17, 15) is 9.59 Å². The van der Waals surface area contributed by atoms with Gasteiger partial charge in [-0.2, -0.15) is 0 Å². The van der Waals surface area contributed by atoms with Gasteiger partial charge in [0.05, 0.1) is 15.8 Å². The summed E-state index contributed by atoms with van der Waals surface area (Å²) >= 11 is 4.60. The van der Waals surface area contributed by atoms with Crippen molar-refractivity contribution in [2.45, 2.75) is 0 Å². The largest absolute Gasteiger partial charge is 0.496 e. The molecule has 7 heteroatoms. The van der Waals surface area contributed by atoms with Gasteiger partial charge in [-0.15, -0.1) is 11.3 Å². The Labute approximate surface area is 127 Å². The van der Waals surface area contributed by atoms with E-state index >= 15 is 0 Å². The number of halogens is 1. The van der Waals surface area contributed by atoms with Crippen LogP contribution in [0.2, 0.25) is 0 Å². The fraction of sp³-hybridized carbons (Fsp3) is 0.0769. The molecule has 0 radical (unpaired) electrons. The van der Waals surface area contributed by atoms with Crippen LogP contribution in [0, 0.1) is 0 Å². The number of carbonyl (C=O) groups excluding carboxylic acids is 1. The summed E-state index contributed by atoms with van der Waals surface area (Å²) in [5, 5.41) is 11.7. The third kappa shape index (κ3) is 3.17. The van der Waals surface area contributed by atoms with Crippen LogP contribution in [-0.2, 0) is 0 Å². The molecule has 104 valence electrons. The van der Waals surface area contributed by atoms with Crippen LogP contribution in [0.5, 0.6) is 5.75 Å². The van der Waals surface area contributed by atoms with Crippen LogP contribution in [0.1, 0.15) is 20.0 Å². The molecule has 2 rings (SSSR count). The van der Waals surface area contributed by atoms with Crippen molar-refractivity contribution in [3.8, 4) is 5.75 Å². The highest BCUT2D eigenvalue weighted by atomic mass is 79.9. The Balaban J connectivity index is 2.22. The second-order valence-corrected chi connectivity index (χ2v) is 6.24. The number of anilines is 1. The van der Waals surface area contributed by atoms with E-state index in [1.54, 1.807) is 12.1 Å². The normalized spacial score (nSPS) is 10.1. The maximum Gasteiger partial charge on any atom is 0.339 e. The molecule has 5 nitrogen and oxygen atoms in total. The van der Waals surface area contributed by atoms with Crippen molar-refractivity contribution in [1.29, 1.82) is 0 Å². The monoisotopic (exact) mass is 355 g/mol. The van der Waals surface area contributed by atoms with Crippen molar-refractivity contribution < 1.29 is 19.4 Å². The number of carboxylic acid groups (broad SMARTS) is 1. The van der Waals surface area contributed by atoms with Gasteiger partial charge in [0.15, 0.2) is 0 Å². The van der Waals surface area contributed by atoms with E-state index < -0.39 is 5.97 Å². The topological polar surface area (TPSA) is 75.6 Å². The van der Waals surface area contributed by atoms with Crippen LogP contribution < -0.4 is 10.1 Å². The number of aromatic carboxylic acids is 1. The first-order valence-electron chi connectivity index (χ1n) is 5.49. The highest BCUT2D eigenvalue weighted by Crippen LogP contribution is 2.26. The van der Waals surface area contributed by atoms with Gasteiger partial charge in [0.1, 0.15) is 11.3 Å². The average Bonchev–Trinajstić information content (AvgIpc) is 2.85. The molecule has 0 saturated heterocycles. The number of carbonyl (C=O) groups is 2. The van der Waals surface area contributed by atoms with Crippen LogP contribution in [0.4, 0.5) is 5.69 Å². The molecule has 0 spiro atoms. The van der Waals surface area contributed by atoms with E-state index in [2.05, 4.69) is 21.2 Å². The van der Waals surface area contributed by atoms with E-state index in [0.29, 0.717) is 10.6 Å². The fourth-order valence-corrected chi connectivity index (χ4v) is 2.86. The molecule has 0 bridgehead atoms. The molecule has 2 aromatic rings. The highest BCUT2D eigenvalue weighted by Gasteiger charge is 2.13. The number of methoxy groups -OCH3 is 1. The van der Waals surface area contributed by atoms with Gasteiger partial charge >= 0.3 is 5.97 Å². The maximum atomic E-state index is 12.0. The Morgan fingerprint density at radius 3 is 2.60 bits per heavy atom. The van der Waals surface area contributed by atoms with Gasteiger partial charge in [-0.1, -0.05) is 0 Å². The van der Waals surface area contributed by atoms with Crippen molar-refractivity contribution in [2.75, 3.05) is 12.4 Å². The Morgan fingerprint density at radius 2 is 2.05 bits per heavy atom. The first kappa shape index (κ1) is 14.5. The maximum absolute atomic E-state index is 12.0. The predicted octanol–water partition coefficient (Wildman–Crippen LogP) is 3.47. The highest BCUT2D eigenvalue weighted by molar-refractivity contribution is 9.11. The van der Waals surface area contributed by atoms with Crippen molar-refractivity contribution in [3.63, 3.8) is 0 Å². The van der Waals surface area contributed by atoms with Crippen molar-refractivity contribution in [2.24, 2.45) is 0 Å². The lowest BCUT2D eigenvalue weighted by Crippen LogP contribution is -2.10. The fourth-order valence-electron chi connectivity index (χ4n) is 1.57. The first-order chi connectivity index (χ1) is 9.51. The van der Waals surface area contributed by atoms with Crippen LogP contribution in [0.25, 0.3) is 0 Å². The predicted molar refractivity (Wildman–Crippen MR) is 79.9 cm³/mol. The third-order valence-corrected chi connectivity index (χ3v) is 4.11. The number of carboxylic acids is 1. The number of hydrogen-bond donors (Lipinski definition) is 2. The number of rotatable bonds is 4. The molecule has 0 saturated carbocycles. The number of amides is 1. The number of thiophene rings is 1. The third-order valence-electron chi connectivity index (χ3n) is 2.49. The Hall–Kier alpha value is -1.86. The Bertz CT molecular complexity index is 668. The lowest BCUT2D eigenvalue weighted by atomic mass is 10.2. The van der Waals surface area contributed by atoms with Crippen molar-refractivity contribution in [1.82, 2.24) is 0 Å². The summed E-state index contributed by atoms with van der Waals surface area (Å²) in [4.78, 5) is 23.5. The van der Waals surface area contributed by atoms with E-state index in [0.717, 1.165) is 3.79 Å². The molecule has 0 aliphatic heterocycles. The summed E-state index contributed by atoms with van der Waals surface area (Å²) in [6.45, 7) is 0. The van der Waals surface area contributed by atoms with Gasteiger partial charge < -0.3 is 15.2 Å². The zero-order chi connectivity index (χ0) is 14.7. The van der Waals surface area contributed by atoms with Crippen LogP contribution in [0.3, 0.4) is 0 Å². The summed E-state index contributed by atoms with van der Waals surface area (Å²) in [6, 6.07) is 7.87. The molecule has 0 aliphatic carbocycles. The summed E-state index contributed by atoms with van der Waals surface area (Å²) < 4.78 is 5.86. The minimum Gasteiger partial charge on any atom is -0.496 e. The molecule has 1 heterocycles. The molecule has 1 amide bonds. The van der Waals surface area contributed by atoms with Crippen LogP contribution in [0.15, 0.2) is 34.1 Å². The number of benzene rings is 1. The van der Waals surface area contributed by atoms with Crippen LogP contribution >= 0.6 is 27.3 Å². The zero-order valence-electron chi connectivity index (χ0n) is 10.3. The Morgan fingerprint density at radius 1 is 1.30 bits per heavy atom. The van der Waals surface area contributed by atoms with E-state index in [4.69, 9.17) is 9.84 Å². The number of nitrogens with one attached hydrogen (secondary N) is 1. The minimum atomic E-state index is -1.08. The summed E-state index contributed by atoms with van der Waals surface area (Å²) in [7, 11) is 1.38. The second kappa shape index (κ2) is 6.06. The molecule has 0 aliphatic rings. The Kier molecular flexibility index (Phi) is 4.41. The molecular formula is C13H10BrNO4S. The SMILES string of the molecule is COc1cc(NC(=O)c2ccc(Br)s2)ccc1C(=O)O. The lowest BCUT2D eigenvalue weighted by molar-refractivity contribution is 0.0693. The standard InChI is InChI=1S/C13H10BrNO4S/c1-19-9-6-7(2-3-8(9)13(17)18)15-12(16)10-4-5-11(14)20-10/h2-6H,1H3,(H,15,16)(H,17,18). The quantitative estimate of drug-likeness (QED) is 0.880.